The van der Waals surface area contributed by atoms with Gasteiger partial charge >= 0.3 is 0 Å². The minimum Gasteiger partial charge on any atom is -0.387 e. The highest BCUT2D eigenvalue weighted by atomic mass is 35.5. The summed E-state index contributed by atoms with van der Waals surface area (Å²) >= 11 is 6.19. The largest absolute Gasteiger partial charge is 0.387 e. The SMILES string of the molecule is CCC1(CC)CCC(C(C(=O)N2CCN(c3ncnc4c3[C@H](C)C[C@H]4O)CC2)c2ccc(Cl)cc2)N1. The van der Waals surface area contributed by atoms with Gasteiger partial charge < -0.3 is 20.2 Å². The summed E-state index contributed by atoms with van der Waals surface area (Å²) in [5.41, 5.74) is 2.97. The van der Waals surface area contributed by atoms with Crippen LogP contribution in [0.3, 0.4) is 0 Å². The highest BCUT2D eigenvalue weighted by molar-refractivity contribution is 6.30. The molecule has 1 aromatic heterocycles. The Bertz CT molecular complexity index is 1080. The fourth-order valence-corrected chi connectivity index (χ4v) is 6.66. The maximum atomic E-state index is 14.1. The van der Waals surface area contributed by atoms with Gasteiger partial charge in [-0.15, -0.1) is 0 Å². The van der Waals surface area contributed by atoms with E-state index in [-0.39, 0.29) is 29.3 Å². The first kappa shape index (κ1) is 25.4. The second-order valence-corrected chi connectivity index (χ2v) is 11.2. The van der Waals surface area contributed by atoms with Crippen molar-refractivity contribution in [3.8, 4) is 0 Å². The van der Waals surface area contributed by atoms with Crippen molar-refractivity contribution in [3.63, 3.8) is 0 Å². The molecule has 2 saturated heterocycles. The molecule has 2 fully saturated rings. The van der Waals surface area contributed by atoms with Crippen molar-refractivity contribution < 1.29 is 9.90 Å². The summed E-state index contributed by atoms with van der Waals surface area (Å²) in [5.74, 6) is 1.10. The van der Waals surface area contributed by atoms with Crippen LogP contribution < -0.4 is 10.2 Å². The van der Waals surface area contributed by atoms with Crippen LogP contribution >= 0.6 is 11.6 Å². The first-order chi connectivity index (χ1) is 17.4. The monoisotopic (exact) mass is 511 g/mol. The Labute approximate surface area is 219 Å². The summed E-state index contributed by atoms with van der Waals surface area (Å²) < 4.78 is 0. The molecule has 194 valence electrons. The summed E-state index contributed by atoms with van der Waals surface area (Å²) in [7, 11) is 0. The Hall–Kier alpha value is -2.22. The van der Waals surface area contributed by atoms with Gasteiger partial charge in [0, 0.05) is 48.3 Å². The highest BCUT2D eigenvalue weighted by Gasteiger charge is 2.43. The quantitative estimate of drug-likeness (QED) is 0.597. The number of carbonyl (C=O) groups is 1. The minimum atomic E-state index is -0.517. The fraction of sp³-hybridized carbons (Fsp3) is 0.607. The van der Waals surface area contributed by atoms with Gasteiger partial charge in [0.1, 0.15) is 12.1 Å². The number of hydrogen-bond acceptors (Lipinski definition) is 6. The van der Waals surface area contributed by atoms with Crippen LogP contribution in [0.25, 0.3) is 0 Å². The van der Waals surface area contributed by atoms with E-state index < -0.39 is 6.10 Å². The predicted octanol–water partition coefficient (Wildman–Crippen LogP) is 4.41. The number of carbonyl (C=O) groups excluding carboxylic acids is 1. The average molecular weight is 512 g/mol. The molecule has 2 unspecified atom stereocenters. The molecule has 2 aliphatic heterocycles. The Balaban J connectivity index is 1.34. The van der Waals surface area contributed by atoms with Gasteiger partial charge in [-0.3, -0.25) is 4.79 Å². The van der Waals surface area contributed by atoms with Gasteiger partial charge in [-0.2, -0.15) is 0 Å². The van der Waals surface area contributed by atoms with E-state index in [1.807, 2.05) is 29.2 Å². The van der Waals surface area contributed by atoms with E-state index in [2.05, 4.69) is 41.0 Å². The van der Waals surface area contributed by atoms with Crippen molar-refractivity contribution in [2.24, 2.45) is 0 Å². The van der Waals surface area contributed by atoms with Crippen molar-refractivity contribution in [1.82, 2.24) is 20.2 Å². The number of hydrogen-bond donors (Lipinski definition) is 2. The second-order valence-electron chi connectivity index (χ2n) is 10.8. The predicted molar refractivity (Wildman–Crippen MR) is 142 cm³/mol. The lowest BCUT2D eigenvalue weighted by molar-refractivity contribution is -0.133. The lowest BCUT2D eigenvalue weighted by Gasteiger charge is -2.39. The van der Waals surface area contributed by atoms with E-state index in [4.69, 9.17) is 11.6 Å². The topological polar surface area (TPSA) is 81.6 Å². The highest BCUT2D eigenvalue weighted by Crippen LogP contribution is 2.43. The molecule has 0 radical (unpaired) electrons. The van der Waals surface area contributed by atoms with Gasteiger partial charge in [0.15, 0.2) is 0 Å². The molecule has 1 aromatic carbocycles. The Morgan fingerprint density at radius 3 is 2.50 bits per heavy atom. The molecular formula is C28H38ClN5O2. The number of aromatic nitrogens is 2. The van der Waals surface area contributed by atoms with Gasteiger partial charge in [0.25, 0.3) is 0 Å². The van der Waals surface area contributed by atoms with Crippen molar-refractivity contribution in [2.75, 3.05) is 31.1 Å². The molecule has 0 spiro atoms. The molecule has 0 bridgehead atoms. The maximum absolute atomic E-state index is 14.1. The van der Waals surface area contributed by atoms with E-state index in [0.717, 1.165) is 61.4 Å². The Morgan fingerprint density at radius 2 is 1.86 bits per heavy atom. The van der Waals surface area contributed by atoms with E-state index in [9.17, 15) is 9.90 Å². The molecule has 7 nitrogen and oxygen atoms in total. The number of aliphatic hydroxyl groups excluding tert-OH is 1. The molecule has 2 aromatic rings. The molecular weight excluding hydrogens is 474 g/mol. The van der Waals surface area contributed by atoms with E-state index in [1.54, 1.807) is 6.33 Å². The third-order valence-corrected chi connectivity index (χ3v) is 9.10. The third kappa shape index (κ3) is 4.61. The maximum Gasteiger partial charge on any atom is 0.231 e. The standard InChI is InChI=1S/C28H38ClN5O2/c1-4-28(5-2)11-10-21(32-28)24(19-6-8-20(29)9-7-19)27(36)34-14-12-33(13-15-34)26-23-18(3)16-22(35)25(23)30-17-31-26/h6-9,17-18,21-22,24,32,35H,4-5,10-16H2,1-3H3/t18-,21?,22-,24?/m1/s1. The number of rotatable bonds is 6. The summed E-state index contributed by atoms with van der Waals surface area (Å²) in [4.78, 5) is 27.3. The van der Waals surface area contributed by atoms with Crippen LogP contribution in [0.2, 0.25) is 5.02 Å². The number of nitrogens with one attached hydrogen (secondary N) is 1. The zero-order chi connectivity index (χ0) is 25.4. The van der Waals surface area contributed by atoms with E-state index in [1.165, 1.54) is 0 Å². The third-order valence-electron chi connectivity index (χ3n) is 8.85. The van der Waals surface area contributed by atoms with Crippen LogP contribution in [0.5, 0.6) is 0 Å². The van der Waals surface area contributed by atoms with Gasteiger partial charge in [-0.25, -0.2) is 9.97 Å². The van der Waals surface area contributed by atoms with Gasteiger partial charge in [0.2, 0.25) is 5.91 Å². The minimum absolute atomic E-state index is 0.114. The number of amides is 1. The van der Waals surface area contributed by atoms with Gasteiger partial charge in [0.05, 0.1) is 17.7 Å². The molecule has 2 N–H and O–H groups in total. The van der Waals surface area contributed by atoms with Crippen LogP contribution in [0.15, 0.2) is 30.6 Å². The van der Waals surface area contributed by atoms with Crippen LogP contribution in [0.4, 0.5) is 5.82 Å². The molecule has 0 saturated carbocycles. The van der Waals surface area contributed by atoms with Crippen LogP contribution in [-0.2, 0) is 4.79 Å². The molecule has 3 aliphatic rings. The molecule has 1 amide bonds. The van der Waals surface area contributed by atoms with E-state index in [0.29, 0.717) is 24.5 Å². The van der Waals surface area contributed by atoms with E-state index >= 15 is 0 Å². The van der Waals surface area contributed by atoms with Gasteiger partial charge in [-0.1, -0.05) is 44.5 Å². The number of aliphatic hydroxyl groups is 1. The molecule has 1 aliphatic carbocycles. The first-order valence-corrected chi connectivity index (χ1v) is 13.8. The summed E-state index contributed by atoms with van der Waals surface area (Å²) in [5, 5.41) is 14.9. The molecule has 8 heteroatoms. The number of halogens is 1. The number of anilines is 1. The zero-order valence-electron chi connectivity index (χ0n) is 21.6. The molecule has 5 rings (SSSR count). The lowest BCUT2D eigenvalue weighted by Crippen LogP contribution is -2.53. The van der Waals surface area contributed by atoms with Crippen molar-refractivity contribution >= 4 is 23.3 Å². The Kier molecular flexibility index (Phi) is 7.25. The average Bonchev–Trinajstić information content (AvgIpc) is 3.46. The number of fused-ring (bicyclic) bond motifs is 1. The van der Waals surface area contributed by atoms with Crippen molar-refractivity contribution in [2.45, 2.75) is 82.4 Å². The normalized spacial score (nSPS) is 26.2. The summed E-state index contributed by atoms with van der Waals surface area (Å²) in [6.07, 6.45) is 5.95. The Morgan fingerprint density at radius 1 is 1.17 bits per heavy atom. The summed E-state index contributed by atoms with van der Waals surface area (Å²) in [6.45, 7) is 9.34. The summed E-state index contributed by atoms with van der Waals surface area (Å²) in [6, 6.07) is 7.92. The van der Waals surface area contributed by atoms with Crippen molar-refractivity contribution in [3.05, 3.63) is 52.4 Å². The molecule has 36 heavy (non-hydrogen) atoms. The van der Waals surface area contributed by atoms with Gasteiger partial charge in [-0.05, 0) is 55.7 Å². The molecule has 4 atom stereocenters. The molecule has 3 heterocycles. The van der Waals surface area contributed by atoms with Crippen LogP contribution in [0, 0.1) is 0 Å². The van der Waals surface area contributed by atoms with Crippen LogP contribution in [-0.4, -0.2) is 63.6 Å². The number of piperazine rings is 1. The number of nitrogens with zero attached hydrogens (tertiary/aromatic N) is 4. The zero-order valence-corrected chi connectivity index (χ0v) is 22.3. The number of benzene rings is 1. The van der Waals surface area contributed by atoms with Crippen LogP contribution in [0.1, 0.15) is 87.6 Å². The second kappa shape index (κ2) is 10.3. The first-order valence-electron chi connectivity index (χ1n) is 13.5. The van der Waals surface area contributed by atoms with Crippen molar-refractivity contribution in [1.29, 1.82) is 0 Å². The lowest BCUT2D eigenvalue weighted by atomic mass is 9.88. The smallest absolute Gasteiger partial charge is 0.231 e. The fourth-order valence-electron chi connectivity index (χ4n) is 6.53.